The molecule has 3 rings (SSSR count). The van der Waals surface area contributed by atoms with Crippen LogP contribution in [0.2, 0.25) is 0 Å². The molecule has 2 unspecified atom stereocenters. The van der Waals surface area contributed by atoms with E-state index in [1.54, 1.807) is 11.6 Å². The number of hydrogen-bond donors (Lipinski definition) is 0. The molecule has 1 heterocycles. The first-order valence-electron chi connectivity index (χ1n) is 5.54. The molecule has 0 aliphatic heterocycles. The molecule has 0 spiro atoms. The maximum absolute atomic E-state index is 11.4. The van der Waals surface area contributed by atoms with Gasteiger partial charge in [-0.05, 0) is 30.6 Å². The lowest BCUT2D eigenvalue weighted by Gasteiger charge is -2.08. The molecule has 0 aromatic carbocycles. The minimum atomic E-state index is 0.0402. The zero-order valence-corrected chi connectivity index (χ0v) is 9.66. The summed E-state index contributed by atoms with van der Waals surface area (Å²) >= 11 is 0. The van der Waals surface area contributed by atoms with Crippen molar-refractivity contribution in [2.24, 2.45) is 11.3 Å². The Balaban J connectivity index is 2.14. The van der Waals surface area contributed by atoms with Crippen LogP contribution < -0.4 is 0 Å². The SMILES string of the molecule is CC(=O)n1nc(C)c2c1CC1C2C1(C)C. The molecule has 0 radical (unpaired) electrons. The summed E-state index contributed by atoms with van der Waals surface area (Å²) in [6.07, 6.45) is 1.04. The topological polar surface area (TPSA) is 34.9 Å². The Kier molecular flexibility index (Phi) is 1.42. The van der Waals surface area contributed by atoms with E-state index in [0.717, 1.165) is 18.0 Å². The smallest absolute Gasteiger partial charge is 0.243 e. The highest BCUT2D eigenvalue weighted by Gasteiger charge is 2.63. The molecule has 1 fully saturated rings. The Labute approximate surface area is 89.5 Å². The van der Waals surface area contributed by atoms with Gasteiger partial charge in [-0.2, -0.15) is 5.10 Å². The van der Waals surface area contributed by atoms with Gasteiger partial charge in [0.2, 0.25) is 5.91 Å². The van der Waals surface area contributed by atoms with Gasteiger partial charge in [-0.1, -0.05) is 13.8 Å². The minimum Gasteiger partial charge on any atom is -0.273 e. The molecular weight excluding hydrogens is 188 g/mol. The highest BCUT2D eigenvalue weighted by Crippen LogP contribution is 2.70. The van der Waals surface area contributed by atoms with Gasteiger partial charge in [0.05, 0.1) is 11.4 Å². The van der Waals surface area contributed by atoms with Gasteiger partial charge in [0.25, 0.3) is 0 Å². The van der Waals surface area contributed by atoms with E-state index in [0.29, 0.717) is 11.3 Å². The lowest BCUT2D eigenvalue weighted by molar-refractivity contribution is 0.0917. The lowest BCUT2D eigenvalue weighted by Crippen LogP contribution is -2.13. The van der Waals surface area contributed by atoms with Crippen molar-refractivity contribution < 1.29 is 4.79 Å². The van der Waals surface area contributed by atoms with Crippen LogP contribution in [-0.2, 0) is 6.42 Å². The molecule has 2 atom stereocenters. The van der Waals surface area contributed by atoms with Crippen LogP contribution in [0.25, 0.3) is 0 Å². The fourth-order valence-electron chi connectivity index (χ4n) is 3.36. The molecule has 0 saturated heterocycles. The summed E-state index contributed by atoms with van der Waals surface area (Å²) in [6.45, 7) is 8.24. The third kappa shape index (κ3) is 0.912. The zero-order valence-electron chi connectivity index (χ0n) is 9.66. The van der Waals surface area contributed by atoms with Crippen molar-refractivity contribution in [1.82, 2.24) is 9.78 Å². The van der Waals surface area contributed by atoms with E-state index in [-0.39, 0.29) is 5.91 Å². The second-order valence-electron chi connectivity index (χ2n) is 5.49. The van der Waals surface area contributed by atoms with Crippen molar-refractivity contribution in [2.75, 3.05) is 0 Å². The normalized spacial score (nSPS) is 29.9. The molecule has 2 aliphatic carbocycles. The number of carbonyl (C=O) groups is 1. The van der Waals surface area contributed by atoms with E-state index in [9.17, 15) is 4.79 Å². The first-order chi connectivity index (χ1) is 6.94. The Bertz CT molecular complexity index is 470. The Morgan fingerprint density at radius 3 is 2.80 bits per heavy atom. The standard InChI is InChI=1S/C12H16N2O/c1-6-10-9(14(13-6)7(2)15)5-8-11(10)12(8,3)4/h8,11H,5H2,1-4H3. The van der Waals surface area contributed by atoms with E-state index in [4.69, 9.17) is 0 Å². The molecule has 1 aromatic rings. The molecule has 1 aromatic heterocycles. The molecule has 3 nitrogen and oxygen atoms in total. The summed E-state index contributed by atoms with van der Waals surface area (Å²) in [5.74, 6) is 1.44. The maximum atomic E-state index is 11.4. The van der Waals surface area contributed by atoms with Crippen LogP contribution in [0.5, 0.6) is 0 Å². The molecule has 0 N–H and O–H groups in total. The second-order valence-corrected chi connectivity index (χ2v) is 5.49. The fraction of sp³-hybridized carbons (Fsp3) is 0.667. The Morgan fingerprint density at radius 2 is 2.20 bits per heavy atom. The number of fused-ring (bicyclic) bond motifs is 3. The second kappa shape index (κ2) is 2.34. The van der Waals surface area contributed by atoms with Crippen LogP contribution in [0.15, 0.2) is 0 Å². The summed E-state index contributed by atoms with van der Waals surface area (Å²) < 4.78 is 1.60. The summed E-state index contributed by atoms with van der Waals surface area (Å²) in [5.41, 5.74) is 4.02. The van der Waals surface area contributed by atoms with Gasteiger partial charge in [-0.15, -0.1) is 0 Å². The largest absolute Gasteiger partial charge is 0.273 e. The molecular formula is C12H16N2O. The van der Waals surface area contributed by atoms with Gasteiger partial charge in [0, 0.05) is 12.5 Å². The summed E-state index contributed by atoms with van der Waals surface area (Å²) in [5, 5.41) is 4.34. The summed E-state index contributed by atoms with van der Waals surface area (Å²) in [4.78, 5) is 11.4. The number of hydrogen-bond acceptors (Lipinski definition) is 2. The van der Waals surface area contributed by atoms with Gasteiger partial charge in [0.1, 0.15) is 0 Å². The highest BCUT2D eigenvalue weighted by atomic mass is 16.2. The number of nitrogens with zero attached hydrogens (tertiary/aromatic N) is 2. The number of rotatable bonds is 0. The van der Waals surface area contributed by atoms with Crippen molar-refractivity contribution in [3.63, 3.8) is 0 Å². The van der Waals surface area contributed by atoms with E-state index in [1.165, 1.54) is 11.3 Å². The number of carbonyl (C=O) groups excluding carboxylic acids is 1. The van der Waals surface area contributed by atoms with Crippen molar-refractivity contribution in [3.8, 4) is 0 Å². The number of aryl methyl sites for hydroxylation is 1. The molecule has 2 aliphatic rings. The number of aromatic nitrogens is 2. The molecule has 1 saturated carbocycles. The van der Waals surface area contributed by atoms with Crippen molar-refractivity contribution in [2.45, 2.75) is 40.0 Å². The molecule has 0 bridgehead atoms. The first-order valence-corrected chi connectivity index (χ1v) is 5.54. The molecule has 0 amide bonds. The van der Waals surface area contributed by atoms with Gasteiger partial charge >= 0.3 is 0 Å². The van der Waals surface area contributed by atoms with Crippen molar-refractivity contribution in [1.29, 1.82) is 0 Å². The average molecular weight is 204 g/mol. The predicted octanol–water partition coefficient (Wildman–Crippen LogP) is 2.15. The fourth-order valence-corrected chi connectivity index (χ4v) is 3.36. The third-order valence-electron chi connectivity index (χ3n) is 4.28. The van der Waals surface area contributed by atoms with Gasteiger partial charge in [-0.3, -0.25) is 4.79 Å². The van der Waals surface area contributed by atoms with Crippen LogP contribution in [0.4, 0.5) is 0 Å². The van der Waals surface area contributed by atoms with E-state index in [2.05, 4.69) is 18.9 Å². The molecule has 15 heavy (non-hydrogen) atoms. The zero-order chi connectivity index (χ0) is 11.0. The quantitative estimate of drug-likeness (QED) is 0.649. The predicted molar refractivity (Wildman–Crippen MR) is 57.0 cm³/mol. The van der Waals surface area contributed by atoms with Crippen LogP contribution in [0.3, 0.4) is 0 Å². The third-order valence-corrected chi connectivity index (χ3v) is 4.28. The van der Waals surface area contributed by atoms with Crippen LogP contribution in [0, 0.1) is 18.3 Å². The van der Waals surface area contributed by atoms with Gasteiger partial charge < -0.3 is 0 Å². The minimum absolute atomic E-state index is 0.0402. The Hall–Kier alpha value is -1.12. The van der Waals surface area contributed by atoms with Crippen molar-refractivity contribution in [3.05, 3.63) is 17.0 Å². The molecule has 3 heteroatoms. The van der Waals surface area contributed by atoms with Crippen LogP contribution in [0.1, 0.15) is 48.4 Å². The summed E-state index contributed by atoms with van der Waals surface area (Å²) in [6, 6.07) is 0. The Morgan fingerprint density at radius 1 is 1.53 bits per heavy atom. The molecule has 80 valence electrons. The van der Waals surface area contributed by atoms with Gasteiger partial charge in [-0.25, -0.2) is 4.68 Å². The maximum Gasteiger partial charge on any atom is 0.243 e. The van der Waals surface area contributed by atoms with E-state index < -0.39 is 0 Å². The highest BCUT2D eigenvalue weighted by molar-refractivity contribution is 5.77. The lowest BCUT2D eigenvalue weighted by atomic mass is 9.98. The van der Waals surface area contributed by atoms with Crippen molar-refractivity contribution >= 4 is 5.91 Å². The first kappa shape index (κ1) is 9.13. The van der Waals surface area contributed by atoms with E-state index in [1.807, 2.05) is 6.92 Å². The van der Waals surface area contributed by atoms with Gasteiger partial charge in [0.15, 0.2) is 0 Å². The van der Waals surface area contributed by atoms with E-state index >= 15 is 0 Å². The van der Waals surface area contributed by atoms with Crippen LogP contribution >= 0.6 is 0 Å². The summed E-state index contributed by atoms with van der Waals surface area (Å²) in [7, 11) is 0. The van der Waals surface area contributed by atoms with Crippen LogP contribution in [-0.4, -0.2) is 15.7 Å². The monoisotopic (exact) mass is 204 g/mol. The average Bonchev–Trinajstić information content (AvgIpc) is 2.54.